The lowest BCUT2D eigenvalue weighted by atomic mass is 10.2. The first-order valence-electron chi connectivity index (χ1n) is 8.61. The summed E-state index contributed by atoms with van der Waals surface area (Å²) in [5.41, 5.74) is 0. The summed E-state index contributed by atoms with van der Waals surface area (Å²) in [6.07, 6.45) is 0.476. The molecule has 0 saturated carbocycles. The smallest absolute Gasteiger partial charge is 0.345 e. The molecule has 2 rings (SSSR count). The Kier molecular flexibility index (Phi) is 7.00. The van der Waals surface area contributed by atoms with Gasteiger partial charge in [-0.2, -0.15) is 5.06 Å². The zero-order chi connectivity index (χ0) is 18.6. The molecule has 9 heteroatoms. The van der Waals surface area contributed by atoms with Crippen LogP contribution in [0.4, 0.5) is 4.79 Å². The number of carbonyl (C=O) groups is 2. The van der Waals surface area contributed by atoms with Gasteiger partial charge in [-0.05, 0) is 33.6 Å². The number of hydroxylamine groups is 2. The van der Waals surface area contributed by atoms with Crippen LogP contribution < -0.4 is 5.32 Å². The van der Waals surface area contributed by atoms with Gasteiger partial charge in [-0.15, -0.1) is 0 Å². The molecule has 1 N–H and O–H groups in total. The van der Waals surface area contributed by atoms with Crippen molar-refractivity contribution in [3.05, 3.63) is 0 Å². The summed E-state index contributed by atoms with van der Waals surface area (Å²) in [5, 5.41) is 3.70. The second-order valence-electron chi connectivity index (χ2n) is 6.62. The van der Waals surface area contributed by atoms with Crippen molar-refractivity contribution < 1.29 is 28.6 Å². The largest absolute Gasteiger partial charge is 0.383 e. The topological polar surface area (TPSA) is 89.6 Å². The van der Waals surface area contributed by atoms with Crippen molar-refractivity contribution in [1.29, 1.82) is 0 Å². The van der Waals surface area contributed by atoms with E-state index >= 15 is 0 Å². The predicted molar refractivity (Wildman–Crippen MR) is 88.3 cm³/mol. The van der Waals surface area contributed by atoms with Gasteiger partial charge in [0.05, 0.1) is 31.4 Å². The monoisotopic (exact) mass is 359 g/mol. The Labute approximate surface area is 148 Å². The molecular formula is C16H29N3O6. The standard InChI is InChI=1S/C16H29N3O6/c1-10(2)24-15-17-14(20)11(3)19(25-15)16(21)18-12(8-22-4)6-7-13(18)9-23-5/h10-13,15H,6-9H2,1-5H3,(H,17,20)/t11-,12+,13+,15-/m0/s1. The van der Waals surface area contributed by atoms with Crippen molar-refractivity contribution in [3.63, 3.8) is 0 Å². The van der Waals surface area contributed by atoms with E-state index in [0.717, 1.165) is 17.9 Å². The quantitative estimate of drug-likeness (QED) is 0.751. The number of amides is 3. The number of urea groups is 1. The minimum absolute atomic E-state index is 0.0806. The van der Waals surface area contributed by atoms with Gasteiger partial charge in [0.15, 0.2) is 0 Å². The molecule has 2 fully saturated rings. The number of carbonyl (C=O) groups excluding carboxylic acids is 2. The number of hydrogen-bond donors (Lipinski definition) is 1. The maximum atomic E-state index is 13.1. The molecule has 25 heavy (non-hydrogen) atoms. The van der Waals surface area contributed by atoms with Gasteiger partial charge in [0.1, 0.15) is 6.04 Å². The first-order valence-corrected chi connectivity index (χ1v) is 8.61. The highest BCUT2D eigenvalue weighted by Gasteiger charge is 2.44. The maximum absolute atomic E-state index is 13.1. The molecule has 2 aliphatic rings. The molecule has 2 heterocycles. The van der Waals surface area contributed by atoms with Crippen LogP contribution in [0.15, 0.2) is 0 Å². The van der Waals surface area contributed by atoms with E-state index in [1.807, 2.05) is 13.8 Å². The number of ether oxygens (including phenoxy) is 3. The molecule has 0 aromatic carbocycles. The summed E-state index contributed by atoms with van der Waals surface area (Å²) < 4.78 is 16.0. The number of nitrogens with one attached hydrogen (secondary N) is 1. The molecule has 4 atom stereocenters. The van der Waals surface area contributed by atoms with Gasteiger partial charge in [0.25, 0.3) is 6.41 Å². The molecule has 0 bridgehead atoms. The predicted octanol–water partition coefficient (Wildman–Crippen LogP) is 0.693. The van der Waals surface area contributed by atoms with Crippen molar-refractivity contribution in [2.24, 2.45) is 0 Å². The van der Waals surface area contributed by atoms with Gasteiger partial charge in [-0.3, -0.25) is 4.79 Å². The van der Waals surface area contributed by atoms with Crippen LogP contribution in [0, 0.1) is 0 Å². The van der Waals surface area contributed by atoms with Crippen LogP contribution in [0.1, 0.15) is 33.6 Å². The maximum Gasteiger partial charge on any atom is 0.345 e. The molecule has 2 aliphatic heterocycles. The number of nitrogens with zero attached hydrogens (tertiary/aromatic N) is 2. The first kappa shape index (κ1) is 19.9. The molecule has 0 aromatic rings. The molecule has 0 aromatic heterocycles. The number of hydrogen-bond acceptors (Lipinski definition) is 6. The summed E-state index contributed by atoms with van der Waals surface area (Å²) in [4.78, 5) is 32.7. The highest BCUT2D eigenvalue weighted by Crippen LogP contribution is 2.28. The molecule has 2 saturated heterocycles. The van der Waals surface area contributed by atoms with Crippen molar-refractivity contribution in [1.82, 2.24) is 15.3 Å². The second-order valence-corrected chi connectivity index (χ2v) is 6.62. The summed E-state index contributed by atoms with van der Waals surface area (Å²) in [5.74, 6) is -0.323. The Balaban J connectivity index is 2.17. The Bertz CT molecular complexity index is 461. The van der Waals surface area contributed by atoms with E-state index in [-0.39, 0.29) is 30.1 Å². The third-order valence-corrected chi connectivity index (χ3v) is 4.34. The van der Waals surface area contributed by atoms with Gasteiger partial charge < -0.3 is 24.4 Å². The van der Waals surface area contributed by atoms with Crippen LogP contribution in [0.5, 0.6) is 0 Å². The fourth-order valence-electron chi connectivity index (χ4n) is 3.18. The molecule has 0 spiro atoms. The fourth-order valence-corrected chi connectivity index (χ4v) is 3.18. The lowest BCUT2D eigenvalue weighted by molar-refractivity contribution is -0.302. The van der Waals surface area contributed by atoms with Gasteiger partial charge >= 0.3 is 6.03 Å². The van der Waals surface area contributed by atoms with E-state index < -0.39 is 12.5 Å². The van der Waals surface area contributed by atoms with Gasteiger partial charge in [0, 0.05) is 14.2 Å². The van der Waals surface area contributed by atoms with Crippen molar-refractivity contribution in [2.75, 3.05) is 27.4 Å². The van der Waals surface area contributed by atoms with Crippen LogP contribution in [-0.2, 0) is 23.8 Å². The van der Waals surface area contributed by atoms with Crippen LogP contribution >= 0.6 is 0 Å². The normalized spacial score (nSPS) is 30.1. The zero-order valence-corrected chi connectivity index (χ0v) is 15.6. The van der Waals surface area contributed by atoms with Gasteiger partial charge in [0.2, 0.25) is 5.91 Å². The average molecular weight is 359 g/mol. The van der Waals surface area contributed by atoms with E-state index in [1.165, 1.54) is 0 Å². The molecule has 9 nitrogen and oxygen atoms in total. The van der Waals surface area contributed by atoms with Crippen LogP contribution in [-0.4, -0.2) is 80.0 Å². The average Bonchev–Trinajstić information content (AvgIpc) is 2.93. The highest BCUT2D eigenvalue weighted by atomic mass is 16.8. The Morgan fingerprint density at radius 3 is 2.28 bits per heavy atom. The molecule has 0 unspecified atom stereocenters. The van der Waals surface area contributed by atoms with Crippen LogP contribution in [0.3, 0.4) is 0 Å². The number of methoxy groups -OCH3 is 2. The summed E-state index contributed by atoms with van der Waals surface area (Å²) in [6.45, 7) is 6.11. The minimum Gasteiger partial charge on any atom is -0.383 e. The Morgan fingerprint density at radius 1 is 1.24 bits per heavy atom. The van der Waals surface area contributed by atoms with Crippen molar-refractivity contribution in [3.8, 4) is 0 Å². The molecule has 0 aliphatic carbocycles. The second kappa shape index (κ2) is 8.79. The molecule has 144 valence electrons. The Hall–Kier alpha value is -1.42. The van der Waals surface area contributed by atoms with E-state index in [2.05, 4.69) is 5.32 Å². The molecule has 3 amide bonds. The minimum atomic E-state index is -0.989. The highest BCUT2D eigenvalue weighted by molar-refractivity contribution is 5.87. The van der Waals surface area contributed by atoms with E-state index in [9.17, 15) is 9.59 Å². The van der Waals surface area contributed by atoms with Crippen molar-refractivity contribution >= 4 is 11.9 Å². The van der Waals surface area contributed by atoms with Gasteiger partial charge in [-0.1, -0.05) is 0 Å². The SMILES string of the molecule is COC[C@H]1CC[C@H](COC)N1C(=O)N1O[C@H](OC(C)C)NC(=O)[C@@H]1C. The van der Waals surface area contributed by atoms with Crippen molar-refractivity contribution in [2.45, 2.75) is 64.3 Å². The van der Waals surface area contributed by atoms with E-state index in [1.54, 1.807) is 26.0 Å². The van der Waals surface area contributed by atoms with Crippen LogP contribution in [0.25, 0.3) is 0 Å². The zero-order valence-electron chi connectivity index (χ0n) is 15.6. The molecular weight excluding hydrogens is 330 g/mol. The fraction of sp³-hybridized carbons (Fsp3) is 0.875. The Morgan fingerprint density at radius 2 is 1.80 bits per heavy atom. The molecule has 0 radical (unpaired) electrons. The third-order valence-electron chi connectivity index (χ3n) is 4.34. The number of rotatable bonds is 6. The summed E-state index contributed by atoms with van der Waals surface area (Å²) >= 11 is 0. The lowest BCUT2D eigenvalue weighted by Crippen LogP contribution is -2.63. The first-order chi connectivity index (χ1) is 11.9. The lowest BCUT2D eigenvalue weighted by Gasteiger charge is -2.41. The summed E-state index contributed by atoms with van der Waals surface area (Å²) in [6, 6.07) is -1.29. The van der Waals surface area contributed by atoms with Crippen LogP contribution in [0.2, 0.25) is 0 Å². The van der Waals surface area contributed by atoms with Gasteiger partial charge in [-0.25, -0.2) is 9.63 Å². The van der Waals surface area contributed by atoms with E-state index in [4.69, 9.17) is 19.0 Å². The van der Waals surface area contributed by atoms with E-state index in [0.29, 0.717) is 13.2 Å². The number of likely N-dealkylation sites (tertiary alicyclic amines) is 1. The third kappa shape index (κ3) is 4.60. The summed E-state index contributed by atoms with van der Waals surface area (Å²) in [7, 11) is 3.21.